The molecule has 1 unspecified atom stereocenters. The van der Waals surface area contributed by atoms with Gasteiger partial charge in [-0.15, -0.1) is 11.6 Å². The number of hydrogen-bond acceptors (Lipinski definition) is 4. The number of alkyl halides is 4. The van der Waals surface area contributed by atoms with Crippen LogP contribution in [0.25, 0.3) is 11.5 Å². The molecule has 9 heteroatoms. The first-order chi connectivity index (χ1) is 10.7. The smallest absolute Gasteiger partial charge is 0.351 e. The number of carbonyl (C=O) groups is 1. The molecule has 0 bridgehead atoms. The molecular weight excluding hydrogens is 335 g/mol. The lowest BCUT2D eigenvalue weighted by molar-refractivity contribution is -0.128. The fraction of sp³-hybridized carbons (Fsp3) is 0.357. The largest absolute Gasteiger partial charge is 0.396 e. The molecule has 2 rings (SSSR count). The Morgan fingerprint density at radius 3 is 2.83 bits per heavy atom. The summed E-state index contributed by atoms with van der Waals surface area (Å²) in [6.45, 7) is 1.78. The molecule has 0 fully saturated rings. The van der Waals surface area contributed by atoms with Crippen LogP contribution in [0.1, 0.15) is 18.3 Å². The van der Waals surface area contributed by atoms with Gasteiger partial charge in [0.15, 0.2) is 5.82 Å². The molecule has 1 N–H and O–H groups in total. The Morgan fingerprint density at radius 2 is 2.17 bits per heavy atom. The van der Waals surface area contributed by atoms with Crippen LogP contribution in [-0.2, 0) is 17.8 Å². The number of benzene rings is 1. The SMILES string of the molecule is CC(Cl)C(=O)NCc1cccc(-c2nc(CC(F)(F)F)no2)c1. The highest BCUT2D eigenvalue weighted by Gasteiger charge is 2.30. The van der Waals surface area contributed by atoms with Gasteiger partial charge in [0.25, 0.3) is 5.89 Å². The van der Waals surface area contributed by atoms with Crippen molar-refractivity contribution in [1.29, 1.82) is 0 Å². The minimum Gasteiger partial charge on any atom is -0.351 e. The molecule has 1 atom stereocenters. The van der Waals surface area contributed by atoms with Crippen molar-refractivity contribution in [3.63, 3.8) is 0 Å². The van der Waals surface area contributed by atoms with Gasteiger partial charge < -0.3 is 9.84 Å². The van der Waals surface area contributed by atoms with Crippen LogP contribution >= 0.6 is 11.6 Å². The second-order valence-electron chi connectivity index (χ2n) is 4.84. The maximum absolute atomic E-state index is 12.3. The molecule has 1 heterocycles. The van der Waals surface area contributed by atoms with Gasteiger partial charge in [0.2, 0.25) is 5.91 Å². The topological polar surface area (TPSA) is 68.0 Å². The average molecular weight is 348 g/mol. The van der Waals surface area contributed by atoms with Crippen molar-refractivity contribution in [2.24, 2.45) is 0 Å². The molecular formula is C14H13ClF3N3O2. The zero-order chi connectivity index (χ0) is 17.0. The van der Waals surface area contributed by atoms with Crippen LogP contribution in [-0.4, -0.2) is 27.6 Å². The maximum atomic E-state index is 12.3. The second kappa shape index (κ2) is 6.99. The third kappa shape index (κ3) is 5.24. The van der Waals surface area contributed by atoms with Crippen molar-refractivity contribution in [1.82, 2.24) is 15.5 Å². The molecule has 23 heavy (non-hydrogen) atoms. The van der Waals surface area contributed by atoms with Crippen LogP contribution in [0.5, 0.6) is 0 Å². The number of carbonyl (C=O) groups excluding carboxylic acids is 1. The van der Waals surface area contributed by atoms with Gasteiger partial charge in [0.05, 0.1) is 0 Å². The van der Waals surface area contributed by atoms with Crippen LogP contribution in [0.4, 0.5) is 13.2 Å². The summed E-state index contributed by atoms with van der Waals surface area (Å²) in [5, 5.41) is 5.29. The number of hydrogen-bond donors (Lipinski definition) is 1. The van der Waals surface area contributed by atoms with E-state index < -0.39 is 23.8 Å². The number of amides is 1. The average Bonchev–Trinajstić information content (AvgIpc) is 2.91. The van der Waals surface area contributed by atoms with E-state index in [1.807, 2.05) is 0 Å². The van der Waals surface area contributed by atoms with Crippen molar-refractivity contribution in [3.05, 3.63) is 35.7 Å². The molecule has 0 spiro atoms. The van der Waals surface area contributed by atoms with E-state index in [0.717, 1.165) is 5.56 Å². The predicted molar refractivity (Wildman–Crippen MR) is 76.7 cm³/mol. The minimum absolute atomic E-state index is 0.0110. The van der Waals surface area contributed by atoms with Crippen LogP contribution in [0.15, 0.2) is 28.8 Å². The highest BCUT2D eigenvalue weighted by atomic mass is 35.5. The summed E-state index contributed by atoms with van der Waals surface area (Å²) in [5.41, 5.74) is 1.19. The summed E-state index contributed by atoms with van der Waals surface area (Å²) in [4.78, 5) is 15.1. The minimum atomic E-state index is -4.40. The van der Waals surface area contributed by atoms with Crippen LogP contribution in [0, 0.1) is 0 Å². The zero-order valence-electron chi connectivity index (χ0n) is 12.0. The molecule has 0 aliphatic rings. The van der Waals surface area contributed by atoms with Gasteiger partial charge in [-0.05, 0) is 24.6 Å². The molecule has 0 saturated carbocycles. The van der Waals surface area contributed by atoms with Crippen molar-refractivity contribution in [3.8, 4) is 11.5 Å². The molecule has 5 nitrogen and oxygen atoms in total. The number of rotatable bonds is 5. The van der Waals surface area contributed by atoms with E-state index >= 15 is 0 Å². The first kappa shape index (κ1) is 17.3. The lowest BCUT2D eigenvalue weighted by Crippen LogP contribution is -2.28. The lowest BCUT2D eigenvalue weighted by atomic mass is 10.1. The molecule has 0 aliphatic carbocycles. The van der Waals surface area contributed by atoms with Crippen LogP contribution in [0.2, 0.25) is 0 Å². The Kier molecular flexibility index (Phi) is 5.25. The van der Waals surface area contributed by atoms with Crippen LogP contribution in [0.3, 0.4) is 0 Å². The number of aromatic nitrogens is 2. The third-order valence-corrected chi connectivity index (χ3v) is 3.03. The highest BCUT2D eigenvalue weighted by Crippen LogP contribution is 2.23. The zero-order valence-corrected chi connectivity index (χ0v) is 12.8. The summed E-state index contributed by atoms with van der Waals surface area (Å²) in [6, 6.07) is 6.69. The van der Waals surface area contributed by atoms with Crippen molar-refractivity contribution >= 4 is 17.5 Å². The van der Waals surface area contributed by atoms with E-state index in [0.29, 0.717) is 5.56 Å². The fourth-order valence-corrected chi connectivity index (χ4v) is 1.84. The van der Waals surface area contributed by atoms with E-state index in [2.05, 4.69) is 15.5 Å². The van der Waals surface area contributed by atoms with E-state index in [-0.39, 0.29) is 18.3 Å². The molecule has 0 radical (unpaired) electrons. The van der Waals surface area contributed by atoms with E-state index in [4.69, 9.17) is 16.1 Å². The molecule has 124 valence electrons. The molecule has 1 amide bonds. The molecule has 0 aliphatic heterocycles. The lowest BCUT2D eigenvalue weighted by Gasteiger charge is -2.07. The Morgan fingerprint density at radius 1 is 1.43 bits per heavy atom. The summed E-state index contributed by atoms with van der Waals surface area (Å²) >= 11 is 5.64. The Labute approximate surface area is 134 Å². The molecule has 2 aromatic rings. The predicted octanol–water partition coefficient (Wildman–Crippen LogP) is 3.08. The molecule has 1 aromatic carbocycles. The summed E-state index contributed by atoms with van der Waals surface area (Å²) in [5.74, 6) is -0.757. The highest BCUT2D eigenvalue weighted by molar-refractivity contribution is 6.30. The summed E-state index contributed by atoms with van der Waals surface area (Å²) < 4.78 is 41.7. The van der Waals surface area contributed by atoms with Crippen molar-refractivity contribution in [2.45, 2.75) is 31.4 Å². The van der Waals surface area contributed by atoms with Gasteiger partial charge in [-0.2, -0.15) is 18.2 Å². The van der Waals surface area contributed by atoms with Gasteiger partial charge in [-0.1, -0.05) is 17.3 Å². The standard InChI is InChI=1S/C14H13ClF3N3O2/c1-8(15)12(22)19-7-9-3-2-4-10(5-9)13-20-11(21-23-13)6-14(16,17)18/h2-5,8H,6-7H2,1H3,(H,19,22). The quantitative estimate of drug-likeness (QED) is 0.844. The first-order valence-corrected chi connectivity index (χ1v) is 7.08. The number of nitrogens with one attached hydrogen (secondary N) is 1. The maximum Gasteiger partial charge on any atom is 0.396 e. The normalized spacial score (nSPS) is 12.9. The molecule has 1 aromatic heterocycles. The Balaban J connectivity index is 2.09. The van der Waals surface area contributed by atoms with Gasteiger partial charge in [-0.3, -0.25) is 4.79 Å². The van der Waals surface area contributed by atoms with E-state index in [9.17, 15) is 18.0 Å². The summed E-state index contributed by atoms with van der Waals surface area (Å²) in [7, 11) is 0. The van der Waals surface area contributed by atoms with Crippen molar-refractivity contribution in [2.75, 3.05) is 0 Å². The van der Waals surface area contributed by atoms with Gasteiger partial charge >= 0.3 is 6.18 Å². The van der Waals surface area contributed by atoms with E-state index in [1.54, 1.807) is 31.2 Å². The van der Waals surface area contributed by atoms with Crippen LogP contribution < -0.4 is 5.32 Å². The van der Waals surface area contributed by atoms with E-state index in [1.165, 1.54) is 0 Å². The summed E-state index contributed by atoms with van der Waals surface area (Å²) in [6.07, 6.45) is -5.65. The van der Waals surface area contributed by atoms with Gasteiger partial charge in [-0.25, -0.2) is 0 Å². The van der Waals surface area contributed by atoms with Gasteiger partial charge in [0.1, 0.15) is 11.8 Å². The monoisotopic (exact) mass is 347 g/mol. The first-order valence-electron chi connectivity index (χ1n) is 6.65. The number of halogens is 4. The van der Waals surface area contributed by atoms with Crippen molar-refractivity contribution < 1.29 is 22.5 Å². The molecule has 0 saturated heterocycles. The van der Waals surface area contributed by atoms with Gasteiger partial charge in [0, 0.05) is 12.1 Å². The second-order valence-corrected chi connectivity index (χ2v) is 5.50. The Bertz CT molecular complexity index is 686. The number of nitrogens with zero attached hydrogens (tertiary/aromatic N) is 2. The third-order valence-electron chi connectivity index (χ3n) is 2.83. The fourth-order valence-electron chi connectivity index (χ4n) is 1.77. The Hall–Kier alpha value is -2.09.